The minimum Gasteiger partial charge on any atom is -0.496 e. The number of benzene rings is 1. The van der Waals surface area contributed by atoms with E-state index in [1.807, 2.05) is 19.9 Å². The Bertz CT molecular complexity index is 410. The van der Waals surface area contributed by atoms with Crippen molar-refractivity contribution < 1.29 is 18.3 Å². The molecular formula is C13H16F2O2. The first-order valence-corrected chi connectivity index (χ1v) is 5.40. The summed E-state index contributed by atoms with van der Waals surface area (Å²) in [5.74, 6) is 1.41. The Labute approximate surface area is 99.9 Å². The number of aryl methyl sites for hydroxylation is 2. The molecule has 1 aromatic rings. The van der Waals surface area contributed by atoms with Crippen molar-refractivity contribution in [3.05, 3.63) is 35.4 Å². The molecule has 0 aliphatic heterocycles. The van der Waals surface area contributed by atoms with Gasteiger partial charge in [0.1, 0.15) is 18.1 Å². The molecule has 0 heterocycles. The molecule has 1 aromatic carbocycles. The molecule has 1 rings (SSSR count). The molecule has 94 valence electrons. The number of methoxy groups -OCH3 is 1. The van der Waals surface area contributed by atoms with Gasteiger partial charge in [-0.25, -0.2) is 0 Å². The molecule has 0 atom stereocenters. The minimum absolute atomic E-state index is 0.128. The first-order valence-electron chi connectivity index (χ1n) is 5.40. The maximum atomic E-state index is 11.8. The topological polar surface area (TPSA) is 18.5 Å². The highest BCUT2D eigenvalue weighted by molar-refractivity contribution is 5.46. The lowest BCUT2D eigenvalue weighted by atomic mass is 10.1. The fourth-order valence-corrected chi connectivity index (χ4v) is 1.65. The molecule has 0 spiro atoms. The van der Waals surface area contributed by atoms with Gasteiger partial charge in [-0.1, -0.05) is 6.92 Å². The van der Waals surface area contributed by atoms with Crippen molar-refractivity contribution in [1.82, 2.24) is 0 Å². The van der Waals surface area contributed by atoms with E-state index in [0.29, 0.717) is 5.75 Å². The van der Waals surface area contributed by atoms with E-state index in [-0.39, 0.29) is 6.61 Å². The molecule has 0 radical (unpaired) electrons. The van der Waals surface area contributed by atoms with E-state index in [1.165, 1.54) is 0 Å². The highest BCUT2D eigenvalue weighted by Crippen LogP contribution is 2.29. The molecule has 17 heavy (non-hydrogen) atoms. The summed E-state index contributed by atoms with van der Waals surface area (Å²) >= 11 is 0. The van der Waals surface area contributed by atoms with E-state index in [4.69, 9.17) is 9.47 Å². The van der Waals surface area contributed by atoms with Crippen LogP contribution in [0.2, 0.25) is 0 Å². The first-order chi connectivity index (χ1) is 8.08. The fourth-order valence-electron chi connectivity index (χ4n) is 1.65. The van der Waals surface area contributed by atoms with Crippen LogP contribution in [0.15, 0.2) is 24.3 Å². The van der Waals surface area contributed by atoms with Gasteiger partial charge < -0.3 is 9.47 Å². The van der Waals surface area contributed by atoms with E-state index in [2.05, 4.69) is 0 Å². The van der Waals surface area contributed by atoms with Crippen LogP contribution in [0.5, 0.6) is 11.5 Å². The average Bonchev–Trinajstić information content (AvgIpc) is 2.27. The molecule has 0 aromatic heterocycles. The van der Waals surface area contributed by atoms with Gasteiger partial charge in [-0.05, 0) is 36.6 Å². The van der Waals surface area contributed by atoms with Gasteiger partial charge in [-0.2, -0.15) is 8.78 Å². The maximum absolute atomic E-state index is 11.8. The quantitative estimate of drug-likeness (QED) is 0.783. The van der Waals surface area contributed by atoms with Crippen LogP contribution in [-0.2, 0) is 6.42 Å². The van der Waals surface area contributed by atoms with Crippen molar-refractivity contribution in [2.24, 2.45) is 0 Å². The molecule has 4 heteroatoms. The number of ether oxygens (including phenoxy) is 2. The zero-order valence-electron chi connectivity index (χ0n) is 10.2. The van der Waals surface area contributed by atoms with Gasteiger partial charge in [0.05, 0.1) is 7.11 Å². The molecule has 0 aliphatic carbocycles. The van der Waals surface area contributed by atoms with Crippen LogP contribution in [0.4, 0.5) is 8.78 Å². The second-order valence-electron chi connectivity index (χ2n) is 3.59. The van der Waals surface area contributed by atoms with E-state index < -0.39 is 6.08 Å². The number of hydrogen-bond acceptors (Lipinski definition) is 2. The summed E-state index contributed by atoms with van der Waals surface area (Å²) < 4.78 is 34.2. The van der Waals surface area contributed by atoms with Gasteiger partial charge in [0.15, 0.2) is 0 Å². The average molecular weight is 242 g/mol. The summed E-state index contributed by atoms with van der Waals surface area (Å²) in [7, 11) is 1.61. The number of rotatable bonds is 5. The van der Waals surface area contributed by atoms with Gasteiger partial charge in [0.2, 0.25) is 0 Å². The SMILES string of the molecule is CCc1cc(OCC=C(F)F)cc(C)c1OC. The zero-order valence-corrected chi connectivity index (χ0v) is 10.2. The van der Waals surface area contributed by atoms with Crippen molar-refractivity contribution in [3.63, 3.8) is 0 Å². The summed E-state index contributed by atoms with van der Waals surface area (Å²) in [4.78, 5) is 0. The molecule has 0 saturated heterocycles. The molecule has 0 N–H and O–H groups in total. The molecule has 0 amide bonds. The molecule has 0 unspecified atom stereocenters. The summed E-state index contributed by atoms with van der Waals surface area (Å²) in [5.41, 5.74) is 1.94. The second kappa shape index (κ2) is 6.23. The molecule has 2 nitrogen and oxygen atoms in total. The van der Waals surface area contributed by atoms with Crippen LogP contribution in [0.1, 0.15) is 18.1 Å². The van der Waals surface area contributed by atoms with E-state index >= 15 is 0 Å². The molecule has 0 fully saturated rings. The van der Waals surface area contributed by atoms with Crippen molar-refractivity contribution in [1.29, 1.82) is 0 Å². The molecule has 0 saturated carbocycles. The van der Waals surface area contributed by atoms with Gasteiger partial charge in [-0.3, -0.25) is 0 Å². The van der Waals surface area contributed by atoms with E-state index in [9.17, 15) is 8.78 Å². The smallest absolute Gasteiger partial charge is 0.269 e. The van der Waals surface area contributed by atoms with E-state index in [0.717, 1.165) is 29.4 Å². The summed E-state index contributed by atoms with van der Waals surface area (Å²) in [6, 6.07) is 3.60. The summed E-state index contributed by atoms with van der Waals surface area (Å²) in [6.45, 7) is 3.77. The van der Waals surface area contributed by atoms with Crippen molar-refractivity contribution in [2.75, 3.05) is 13.7 Å². The van der Waals surface area contributed by atoms with Gasteiger partial charge in [0, 0.05) is 6.08 Å². The summed E-state index contributed by atoms with van der Waals surface area (Å²) in [5, 5.41) is 0. The van der Waals surface area contributed by atoms with Gasteiger partial charge in [0.25, 0.3) is 6.08 Å². The van der Waals surface area contributed by atoms with Crippen LogP contribution in [0.3, 0.4) is 0 Å². The Hall–Kier alpha value is -1.58. The Balaban J connectivity index is 2.88. The first kappa shape index (κ1) is 13.5. The third kappa shape index (κ3) is 3.73. The fraction of sp³-hybridized carbons (Fsp3) is 0.385. The third-order valence-corrected chi connectivity index (χ3v) is 2.40. The Morgan fingerprint density at radius 1 is 1.35 bits per heavy atom. The van der Waals surface area contributed by atoms with Crippen LogP contribution >= 0.6 is 0 Å². The molecule has 0 bridgehead atoms. The highest BCUT2D eigenvalue weighted by atomic mass is 19.3. The number of hydrogen-bond donors (Lipinski definition) is 0. The van der Waals surface area contributed by atoms with E-state index in [1.54, 1.807) is 13.2 Å². The Morgan fingerprint density at radius 3 is 2.59 bits per heavy atom. The lowest BCUT2D eigenvalue weighted by Crippen LogP contribution is -1.98. The van der Waals surface area contributed by atoms with Crippen molar-refractivity contribution >= 4 is 0 Å². The maximum Gasteiger partial charge on any atom is 0.269 e. The standard InChI is InChI=1S/C13H16F2O2/c1-4-10-8-11(17-6-5-12(14)15)7-9(2)13(10)16-3/h5,7-8H,4,6H2,1-3H3. The highest BCUT2D eigenvalue weighted by Gasteiger charge is 2.07. The normalized spacial score (nSPS) is 9.94. The lowest BCUT2D eigenvalue weighted by molar-refractivity contribution is 0.342. The van der Waals surface area contributed by atoms with Crippen molar-refractivity contribution in [2.45, 2.75) is 20.3 Å². The van der Waals surface area contributed by atoms with Crippen LogP contribution in [-0.4, -0.2) is 13.7 Å². The predicted molar refractivity (Wildman–Crippen MR) is 62.9 cm³/mol. The predicted octanol–water partition coefficient (Wildman–Crippen LogP) is 3.73. The number of halogens is 2. The van der Waals surface area contributed by atoms with Crippen LogP contribution in [0, 0.1) is 6.92 Å². The molecular weight excluding hydrogens is 226 g/mol. The van der Waals surface area contributed by atoms with Gasteiger partial charge >= 0.3 is 0 Å². The minimum atomic E-state index is -1.73. The van der Waals surface area contributed by atoms with Gasteiger partial charge in [-0.15, -0.1) is 0 Å². The Kier molecular flexibility index (Phi) is 4.94. The monoisotopic (exact) mass is 242 g/mol. The third-order valence-electron chi connectivity index (χ3n) is 2.40. The Morgan fingerprint density at radius 2 is 2.06 bits per heavy atom. The van der Waals surface area contributed by atoms with Crippen LogP contribution in [0.25, 0.3) is 0 Å². The zero-order chi connectivity index (χ0) is 12.8. The largest absolute Gasteiger partial charge is 0.496 e. The summed E-state index contributed by atoms with van der Waals surface area (Å²) in [6.07, 6.45) is -0.189. The lowest BCUT2D eigenvalue weighted by Gasteiger charge is -2.13. The van der Waals surface area contributed by atoms with Crippen molar-refractivity contribution in [3.8, 4) is 11.5 Å². The van der Waals surface area contributed by atoms with Crippen LogP contribution < -0.4 is 9.47 Å². The second-order valence-corrected chi connectivity index (χ2v) is 3.59. The molecule has 0 aliphatic rings.